The highest BCUT2D eigenvalue weighted by Gasteiger charge is 2.57. The van der Waals surface area contributed by atoms with Gasteiger partial charge in [0.25, 0.3) is 5.91 Å². The third-order valence-corrected chi connectivity index (χ3v) is 5.80. The van der Waals surface area contributed by atoms with E-state index in [0.29, 0.717) is 17.9 Å². The summed E-state index contributed by atoms with van der Waals surface area (Å²) in [5.74, 6) is -0.659. The van der Waals surface area contributed by atoms with Crippen LogP contribution in [0.15, 0.2) is 30.5 Å². The van der Waals surface area contributed by atoms with E-state index in [0.717, 1.165) is 24.2 Å². The van der Waals surface area contributed by atoms with Crippen molar-refractivity contribution < 1.29 is 19.4 Å². The maximum atomic E-state index is 13.1. The minimum absolute atomic E-state index is 0.0713. The Morgan fingerprint density at radius 2 is 2.15 bits per heavy atom. The Hall–Kier alpha value is -2.83. The lowest BCUT2D eigenvalue weighted by atomic mass is 9.73. The van der Waals surface area contributed by atoms with E-state index in [-0.39, 0.29) is 25.0 Å². The Bertz CT molecular complexity index is 906. The number of aromatic nitrogens is 2. The fourth-order valence-corrected chi connectivity index (χ4v) is 4.26. The van der Waals surface area contributed by atoms with Gasteiger partial charge in [0.05, 0.1) is 11.8 Å². The molecular formula is C20H23N3O4. The normalized spacial score (nSPS) is 23.5. The summed E-state index contributed by atoms with van der Waals surface area (Å²) in [6.45, 7) is 5.26. The monoisotopic (exact) mass is 369 g/mol. The first-order chi connectivity index (χ1) is 13.0. The third kappa shape index (κ3) is 2.60. The zero-order chi connectivity index (χ0) is 19.2. The molecule has 1 amide bonds. The molecule has 27 heavy (non-hydrogen) atoms. The molecule has 4 rings (SSSR count). The second-order valence-corrected chi connectivity index (χ2v) is 7.39. The van der Waals surface area contributed by atoms with Crippen LogP contribution in [-0.2, 0) is 11.3 Å². The van der Waals surface area contributed by atoms with Crippen molar-refractivity contribution >= 4 is 11.9 Å². The molecule has 1 aromatic carbocycles. The number of aliphatic carboxylic acids is 1. The Morgan fingerprint density at radius 3 is 2.89 bits per heavy atom. The van der Waals surface area contributed by atoms with Crippen molar-refractivity contribution in [2.75, 3.05) is 19.7 Å². The van der Waals surface area contributed by atoms with Crippen LogP contribution in [0.5, 0.6) is 5.75 Å². The molecular weight excluding hydrogens is 346 g/mol. The summed E-state index contributed by atoms with van der Waals surface area (Å²) >= 11 is 0. The molecule has 0 bridgehead atoms. The predicted octanol–water partition coefficient (Wildman–Crippen LogP) is 2.30. The average Bonchev–Trinajstić information content (AvgIpc) is 3.24. The van der Waals surface area contributed by atoms with Gasteiger partial charge in [-0.1, -0.05) is 25.1 Å². The molecule has 2 aliphatic rings. The molecule has 2 atom stereocenters. The number of para-hydroxylation sites is 1. The third-order valence-electron chi connectivity index (χ3n) is 5.80. The summed E-state index contributed by atoms with van der Waals surface area (Å²) in [7, 11) is 0. The van der Waals surface area contributed by atoms with Crippen LogP contribution in [0, 0.1) is 12.3 Å². The van der Waals surface area contributed by atoms with Crippen molar-refractivity contribution in [3.63, 3.8) is 0 Å². The Balaban J connectivity index is 1.68. The first-order valence-electron chi connectivity index (χ1n) is 9.24. The number of hydrogen-bond donors (Lipinski definition) is 1. The number of aryl methyl sites for hydroxylation is 1. The first-order valence-corrected chi connectivity index (χ1v) is 9.24. The van der Waals surface area contributed by atoms with Gasteiger partial charge in [0.1, 0.15) is 17.8 Å². The molecule has 1 fully saturated rings. The molecule has 0 unspecified atom stereocenters. The number of rotatable bonds is 4. The number of fused-ring (bicyclic) bond motifs is 3. The molecule has 1 N–H and O–H groups in total. The smallest absolute Gasteiger partial charge is 0.315 e. The van der Waals surface area contributed by atoms with Crippen molar-refractivity contribution in [2.24, 2.45) is 5.41 Å². The fourth-order valence-electron chi connectivity index (χ4n) is 4.26. The minimum Gasteiger partial charge on any atom is -0.492 e. The number of amides is 1. The number of likely N-dealkylation sites (tertiary alicyclic amines) is 1. The van der Waals surface area contributed by atoms with Crippen molar-refractivity contribution in [3.8, 4) is 5.75 Å². The van der Waals surface area contributed by atoms with Gasteiger partial charge in [-0.15, -0.1) is 0 Å². The van der Waals surface area contributed by atoms with Crippen LogP contribution in [0.1, 0.15) is 40.9 Å². The minimum atomic E-state index is -1.11. The van der Waals surface area contributed by atoms with Gasteiger partial charge >= 0.3 is 5.97 Å². The Morgan fingerprint density at radius 1 is 1.37 bits per heavy atom. The van der Waals surface area contributed by atoms with Crippen LogP contribution in [0.25, 0.3) is 0 Å². The van der Waals surface area contributed by atoms with E-state index in [9.17, 15) is 14.7 Å². The quantitative estimate of drug-likeness (QED) is 0.894. The number of carbonyl (C=O) groups excluding carboxylic acids is 1. The van der Waals surface area contributed by atoms with Crippen LogP contribution in [-0.4, -0.2) is 51.4 Å². The van der Waals surface area contributed by atoms with Gasteiger partial charge in [0.2, 0.25) is 0 Å². The molecule has 0 radical (unpaired) electrons. The van der Waals surface area contributed by atoms with E-state index >= 15 is 0 Å². The average molecular weight is 369 g/mol. The number of hydrogen-bond acceptors (Lipinski definition) is 4. The number of carboxylic acids is 1. The number of ether oxygens (including phenoxy) is 1. The van der Waals surface area contributed by atoms with Gasteiger partial charge in [-0.25, -0.2) is 0 Å². The van der Waals surface area contributed by atoms with Crippen LogP contribution >= 0.6 is 0 Å². The highest BCUT2D eigenvalue weighted by molar-refractivity contribution is 5.96. The molecule has 7 nitrogen and oxygen atoms in total. The standard InChI is InChI=1S/C20H23N3O4/c1-3-8-23-13(2)15(9-21-23)18(24)22-10-16-14-6-4-5-7-17(14)27-12-20(16,11-22)19(25)26/h4-7,9,16H,3,8,10-12H2,1-2H3,(H,25,26)/t16-,20-/m0/s1. The maximum absolute atomic E-state index is 13.1. The number of benzene rings is 1. The topological polar surface area (TPSA) is 84.7 Å². The molecule has 2 aliphatic heterocycles. The SMILES string of the molecule is CCCn1ncc(C(=O)N2C[C@H]3c4ccccc4OC[C@@]3(C(=O)O)C2)c1C. The van der Waals surface area contributed by atoms with Gasteiger partial charge in [-0.2, -0.15) is 5.10 Å². The summed E-state index contributed by atoms with van der Waals surface area (Å²) in [5, 5.41) is 14.3. The van der Waals surface area contributed by atoms with Crippen LogP contribution in [0.3, 0.4) is 0 Å². The van der Waals surface area contributed by atoms with Gasteiger partial charge in [-0.3, -0.25) is 14.3 Å². The first kappa shape index (κ1) is 17.6. The van der Waals surface area contributed by atoms with Gasteiger partial charge in [-0.05, 0) is 19.4 Å². The molecule has 1 aromatic heterocycles. The van der Waals surface area contributed by atoms with Crippen molar-refractivity contribution in [1.29, 1.82) is 0 Å². The van der Waals surface area contributed by atoms with Crippen molar-refractivity contribution in [1.82, 2.24) is 14.7 Å². The number of carboxylic acid groups (broad SMARTS) is 1. The molecule has 2 aromatic rings. The number of nitrogens with zero attached hydrogens (tertiary/aromatic N) is 3. The molecule has 0 spiro atoms. The summed E-state index contributed by atoms with van der Waals surface area (Å²) in [6, 6.07) is 7.50. The second kappa shape index (κ2) is 6.40. The number of carbonyl (C=O) groups is 2. The van der Waals surface area contributed by atoms with Crippen LogP contribution < -0.4 is 4.74 Å². The lowest BCUT2D eigenvalue weighted by Crippen LogP contribution is -2.46. The van der Waals surface area contributed by atoms with Gasteiger partial charge in [0.15, 0.2) is 0 Å². The largest absolute Gasteiger partial charge is 0.492 e. The molecule has 142 valence electrons. The van der Waals surface area contributed by atoms with E-state index in [1.165, 1.54) is 0 Å². The molecule has 0 aliphatic carbocycles. The van der Waals surface area contributed by atoms with Gasteiger partial charge in [0, 0.05) is 36.8 Å². The van der Waals surface area contributed by atoms with Crippen molar-refractivity contribution in [3.05, 3.63) is 47.3 Å². The lowest BCUT2D eigenvalue weighted by Gasteiger charge is -2.35. The molecule has 0 saturated carbocycles. The Kier molecular flexibility index (Phi) is 4.17. The van der Waals surface area contributed by atoms with E-state index in [1.54, 1.807) is 11.1 Å². The summed E-state index contributed by atoms with van der Waals surface area (Å²) in [4.78, 5) is 27.0. The summed E-state index contributed by atoms with van der Waals surface area (Å²) in [5.41, 5.74) is 1.10. The van der Waals surface area contributed by atoms with E-state index in [4.69, 9.17) is 4.74 Å². The van der Waals surface area contributed by atoms with E-state index in [2.05, 4.69) is 12.0 Å². The molecule has 7 heteroatoms. The Labute approximate surface area is 157 Å². The fraction of sp³-hybridized carbons (Fsp3) is 0.450. The second-order valence-electron chi connectivity index (χ2n) is 7.39. The van der Waals surface area contributed by atoms with E-state index < -0.39 is 11.4 Å². The van der Waals surface area contributed by atoms with E-state index in [1.807, 2.05) is 35.9 Å². The van der Waals surface area contributed by atoms with Crippen LogP contribution in [0.4, 0.5) is 0 Å². The zero-order valence-electron chi connectivity index (χ0n) is 15.5. The molecule has 3 heterocycles. The maximum Gasteiger partial charge on any atom is 0.315 e. The van der Waals surface area contributed by atoms with Gasteiger partial charge < -0.3 is 14.7 Å². The summed E-state index contributed by atoms with van der Waals surface area (Å²) < 4.78 is 7.58. The van der Waals surface area contributed by atoms with Crippen molar-refractivity contribution in [2.45, 2.75) is 32.7 Å². The predicted molar refractivity (Wildman–Crippen MR) is 97.9 cm³/mol. The summed E-state index contributed by atoms with van der Waals surface area (Å²) in [6.07, 6.45) is 2.52. The highest BCUT2D eigenvalue weighted by Crippen LogP contribution is 2.49. The highest BCUT2D eigenvalue weighted by atomic mass is 16.5. The molecule has 1 saturated heterocycles. The lowest BCUT2D eigenvalue weighted by molar-refractivity contribution is -0.151. The van der Waals surface area contributed by atoms with Crippen LogP contribution in [0.2, 0.25) is 0 Å². The zero-order valence-corrected chi connectivity index (χ0v) is 15.5.